The van der Waals surface area contributed by atoms with Gasteiger partial charge in [-0.1, -0.05) is 25.0 Å². The Hall–Kier alpha value is -2.30. The van der Waals surface area contributed by atoms with Crippen LogP contribution in [0.15, 0.2) is 35.5 Å². The summed E-state index contributed by atoms with van der Waals surface area (Å²) >= 11 is 0. The molecule has 4 rings (SSSR count). The second-order valence-corrected chi connectivity index (χ2v) is 7.56. The monoisotopic (exact) mass is 368 g/mol. The summed E-state index contributed by atoms with van der Waals surface area (Å²) in [5, 5.41) is 6.74. The van der Waals surface area contributed by atoms with Crippen molar-refractivity contribution in [3.05, 3.63) is 35.9 Å². The molecule has 144 valence electrons. The molecule has 0 aromatic heterocycles. The lowest BCUT2D eigenvalue weighted by atomic mass is 9.76. The van der Waals surface area contributed by atoms with Gasteiger partial charge in [0.25, 0.3) is 0 Å². The van der Waals surface area contributed by atoms with Gasteiger partial charge in [-0.25, -0.2) is 5.01 Å². The summed E-state index contributed by atoms with van der Waals surface area (Å²) in [5.74, 6) is 1.80. The van der Waals surface area contributed by atoms with Gasteiger partial charge in [-0.15, -0.1) is 0 Å². The van der Waals surface area contributed by atoms with E-state index < -0.39 is 0 Å². The average Bonchev–Trinajstić information content (AvgIpc) is 3.23. The maximum absolute atomic E-state index is 13.1. The molecule has 0 spiro atoms. The Bertz CT molecular complexity index is 765. The molecule has 2 atom stereocenters. The summed E-state index contributed by atoms with van der Waals surface area (Å²) in [6.07, 6.45) is 10.5. The van der Waals surface area contributed by atoms with Crippen molar-refractivity contribution < 1.29 is 14.3 Å². The van der Waals surface area contributed by atoms with E-state index in [0.29, 0.717) is 6.61 Å². The topological polar surface area (TPSA) is 51.1 Å². The van der Waals surface area contributed by atoms with Gasteiger partial charge in [0.15, 0.2) is 11.5 Å². The average molecular weight is 368 g/mol. The molecule has 1 saturated carbocycles. The molecule has 2 aliphatic carbocycles. The molecule has 27 heavy (non-hydrogen) atoms. The van der Waals surface area contributed by atoms with Crippen molar-refractivity contribution in [1.82, 2.24) is 5.01 Å². The zero-order valence-electron chi connectivity index (χ0n) is 16.2. The van der Waals surface area contributed by atoms with Crippen LogP contribution in [0.25, 0.3) is 0 Å². The predicted octanol–water partition coefficient (Wildman–Crippen LogP) is 4.17. The van der Waals surface area contributed by atoms with Crippen LogP contribution in [0.3, 0.4) is 0 Å². The lowest BCUT2D eigenvalue weighted by Gasteiger charge is -2.39. The molecule has 0 bridgehead atoms. The van der Waals surface area contributed by atoms with Crippen LogP contribution in [0.2, 0.25) is 0 Å². The van der Waals surface area contributed by atoms with Crippen molar-refractivity contribution in [3.63, 3.8) is 0 Å². The Morgan fingerprint density at radius 2 is 1.85 bits per heavy atom. The number of nitrogens with zero attached hydrogens (tertiary/aromatic N) is 2. The fourth-order valence-electron chi connectivity index (χ4n) is 4.59. The Labute approximate surface area is 161 Å². The van der Waals surface area contributed by atoms with Gasteiger partial charge < -0.3 is 9.47 Å². The number of amides is 1. The molecule has 3 aliphatic rings. The number of methoxy groups -OCH3 is 1. The van der Waals surface area contributed by atoms with Gasteiger partial charge in [-0.05, 0) is 50.8 Å². The summed E-state index contributed by atoms with van der Waals surface area (Å²) in [6, 6.07) is 6.24. The third kappa shape index (κ3) is 3.35. The lowest BCUT2D eigenvalue weighted by Crippen LogP contribution is -2.48. The third-order valence-corrected chi connectivity index (χ3v) is 5.97. The molecule has 1 heterocycles. The van der Waals surface area contributed by atoms with Crippen LogP contribution < -0.4 is 9.47 Å². The van der Waals surface area contributed by atoms with Gasteiger partial charge in [0.1, 0.15) is 0 Å². The highest BCUT2D eigenvalue weighted by atomic mass is 16.5. The maximum Gasteiger partial charge on any atom is 0.247 e. The number of rotatable bonds is 5. The number of benzene rings is 1. The molecule has 2 unspecified atom stereocenters. The maximum atomic E-state index is 13.1. The van der Waals surface area contributed by atoms with E-state index in [-0.39, 0.29) is 23.8 Å². The molecule has 5 heteroatoms. The van der Waals surface area contributed by atoms with Crippen molar-refractivity contribution in [1.29, 1.82) is 0 Å². The van der Waals surface area contributed by atoms with E-state index in [0.717, 1.165) is 48.5 Å². The molecule has 5 nitrogen and oxygen atoms in total. The van der Waals surface area contributed by atoms with Crippen molar-refractivity contribution >= 4 is 11.6 Å². The van der Waals surface area contributed by atoms with E-state index in [1.165, 1.54) is 12.8 Å². The summed E-state index contributed by atoms with van der Waals surface area (Å²) in [5.41, 5.74) is 2.04. The van der Waals surface area contributed by atoms with Gasteiger partial charge in [0.2, 0.25) is 5.91 Å². The third-order valence-electron chi connectivity index (χ3n) is 5.97. The molecular formula is C22H28N2O3. The van der Waals surface area contributed by atoms with E-state index in [1.54, 1.807) is 7.11 Å². The Morgan fingerprint density at radius 3 is 2.56 bits per heavy atom. The Kier molecular flexibility index (Phi) is 5.19. The van der Waals surface area contributed by atoms with Crippen LogP contribution in [-0.2, 0) is 4.79 Å². The van der Waals surface area contributed by atoms with Gasteiger partial charge in [0.05, 0.1) is 31.4 Å². The molecule has 1 aliphatic heterocycles. The second kappa shape index (κ2) is 7.75. The van der Waals surface area contributed by atoms with E-state index in [4.69, 9.17) is 14.6 Å². The van der Waals surface area contributed by atoms with Gasteiger partial charge >= 0.3 is 0 Å². The van der Waals surface area contributed by atoms with E-state index in [9.17, 15) is 4.79 Å². The molecule has 0 saturated heterocycles. The van der Waals surface area contributed by atoms with E-state index in [1.807, 2.05) is 30.1 Å². The summed E-state index contributed by atoms with van der Waals surface area (Å²) in [7, 11) is 1.65. The standard InChI is InChI=1S/C22H28N2O3/c1-3-27-20-14-15(12-13-19(20)26-2)21-17-10-6-7-11-18(17)22(25)24(23-21)16-8-4-5-9-16/h6-7,12-14,16-18H,3-5,8-11H2,1-2H3. The fourth-order valence-corrected chi connectivity index (χ4v) is 4.59. The second-order valence-electron chi connectivity index (χ2n) is 7.56. The summed E-state index contributed by atoms with van der Waals surface area (Å²) < 4.78 is 11.2. The minimum atomic E-state index is 0.000690. The first-order valence-corrected chi connectivity index (χ1v) is 10.1. The van der Waals surface area contributed by atoms with Crippen LogP contribution >= 0.6 is 0 Å². The Morgan fingerprint density at radius 1 is 1.11 bits per heavy atom. The highest BCUT2D eigenvalue weighted by Gasteiger charge is 2.42. The lowest BCUT2D eigenvalue weighted by molar-refractivity contribution is -0.140. The molecule has 0 radical (unpaired) electrons. The number of hydrazone groups is 1. The molecule has 1 fully saturated rings. The number of fused-ring (bicyclic) bond motifs is 1. The Balaban J connectivity index is 1.75. The highest BCUT2D eigenvalue weighted by molar-refractivity contribution is 6.07. The quantitative estimate of drug-likeness (QED) is 0.733. The largest absolute Gasteiger partial charge is 0.493 e. The van der Waals surface area contributed by atoms with Crippen LogP contribution in [0, 0.1) is 11.8 Å². The fraction of sp³-hybridized carbons (Fsp3) is 0.545. The number of carbonyl (C=O) groups is 1. The van der Waals surface area contributed by atoms with Gasteiger partial charge in [-0.3, -0.25) is 4.79 Å². The highest BCUT2D eigenvalue weighted by Crippen LogP contribution is 2.39. The first kappa shape index (κ1) is 18.1. The van der Waals surface area contributed by atoms with E-state index in [2.05, 4.69) is 12.2 Å². The molecular weight excluding hydrogens is 340 g/mol. The summed E-state index contributed by atoms with van der Waals surface area (Å²) in [4.78, 5) is 13.1. The van der Waals surface area contributed by atoms with Crippen LogP contribution in [0.4, 0.5) is 0 Å². The van der Waals surface area contributed by atoms with Crippen LogP contribution in [0.1, 0.15) is 51.0 Å². The molecule has 1 aromatic carbocycles. The molecule has 1 aromatic rings. The first-order chi connectivity index (χ1) is 13.2. The zero-order valence-corrected chi connectivity index (χ0v) is 16.2. The van der Waals surface area contributed by atoms with Crippen molar-refractivity contribution in [2.75, 3.05) is 13.7 Å². The number of hydrogen-bond acceptors (Lipinski definition) is 4. The predicted molar refractivity (Wildman–Crippen MR) is 105 cm³/mol. The van der Waals surface area contributed by atoms with Gasteiger partial charge in [0, 0.05) is 11.5 Å². The van der Waals surface area contributed by atoms with E-state index >= 15 is 0 Å². The van der Waals surface area contributed by atoms with Crippen molar-refractivity contribution in [2.45, 2.75) is 51.5 Å². The number of carbonyl (C=O) groups excluding carboxylic acids is 1. The zero-order chi connectivity index (χ0) is 18.8. The van der Waals surface area contributed by atoms with Gasteiger partial charge in [-0.2, -0.15) is 5.10 Å². The number of ether oxygens (including phenoxy) is 2. The van der Waals surface area contributed by atoms with Crippen LogP contribution in [0.5, 0.6) is 11.5 Å². The first-order valence-electron chi connectivity index (χ1n) is 10.1. The molecule has 1 amide bonds. The normalized spacial score (nSPS) is 25.3. The van der Waals surface area contributed by atoms with Crippen LogP contribution in [-0.4, -0.2) is 36.4 Å². The summed E-state index contributed by atoms with van der Waals surface area (Å²) in [6.45, 7) is 2.54. The minimum absolute atomic E-state index is 0.000690. The number of allylic oxidation sites excluding steroid dienone is 2. The van der Waals surface area contributed by atoms with Crippen molar-refractivity contribution in [2.24, 2.45) is 16.9 Å². The minimum Gasteiger partial charge on any atom is -0.493 e. The molecule has 0 N–H and O–H groups in total. The van der Waals surface area contributed by atoms with Crippen molar-refractivity contribution in [3.8, 4) is 11.5 Å². The number of hydrogen-bond donors (Lipinski definition) is 0. The smallest absolute Gasteiger partial charge is 0.247 e. The SMILES string of the molecule is CCOc1cc(C2=NN(C3CCCC3)C(=O)C3CC=CCC23)ccc1OC.